The fourth-order valence-electron chi connectivity index (χ4n) is 2.67. The molecule has 0 aromatic carbocycles. The predicted octanol–water partition coefficient (Wildman–Crippen LogP) is 3.10. The molecule has 1 fully saturated rings. The van der Waals surface area contributed by atoms with Crippen LogP contribution in [-0.4, -0.2) is 30.8 Å². The Labute approximate surface area is 120 Å². The van der Waals surface area contributed by atoms with E-state index in [0.717, 1.165) is 32.1 Å². The molecule has 2 heterocycles. The van der Waals surface area contributed by atoms with Gasteiger partial charge in [0.15, 0.2) is 0 Å². The highest BCUT2D eigenvalue weighted by Crippen LogP contribution is 2.24. The van der Waals surface area contributed by atoms with Crippen molar-refractivity contribution in [3.63, 3.8) is 0 Å². The van der Waals surface area contributed by atoms with E-state index in [1.165, 1.54) is 34.8 Å². The van der Waals surface area contributed by atoms with E-state index < -0.39 is 0 Å². The van der Waals surface area contributed by atoms with Gasteiger partial charge in [-0.15, -0.1) is 11.3 Å². The van der Waals surface area contributed by atoms with Crippen molar-refractivity contribution < 1.29 is 4.74 Å². The van der Waals surface area contributed by atoms with E-state index in [2.05, 4.69) is 26.1 Å². The minimum absolute atomic E-state index is 0.564. The average Bonchev–Trinajstić information content (AvgIpc) is 2.74. The van der Waals surface area contributed by atoms with Crippen molar-refractivity contribution in [1.29, 1.82) is 0 Å². The van der Waals surface area contributed by atoms with Crippen LogP contribution in [0.4, 0.5) is 0 Å². The Hall–Kier alpha value is -0.450. The predicted molar refractivity (Wildman–Crippen MR) is 80.9 cm³/mol. The highest BCUT2D eigenvalue weighted by molar-refractivity contribution is 7.11. The molecule has 1 N–H and O–H groups in total. The van der Waals surface area contributed by atoms with Gasteiger partial charge in [-0.2, -0.15) is 0 Å². The van der Waals surface area contributed by atoms with E-state index in [1.54, 1.807) is 0 Å². The minimum Gasteiger partial charge on any atom is -0.381 e. The summed E-state index contributed by atoms with van der Waals surface area (Å²) in [6.07, 6.45) is 4.63. The Morgan fingerprint density at radius 1 is 1.37 bits per heavy atom. The number of ether oxygens (including phenoxy) is 1. The molecule has 19 heavy (non-hydrogen) atoms. The topological polar surface area (TPSA) is 34.2 Å². The molecule has 4 heteroatoms. The summed E-state index contributed by atoms with van der Waals surface area (Å²) in [6.45, 7) is 9.45. The van der Waals surface area contributed by atoms with Gasteiger partial charge < -0.3 is 10.1 Å². The zero-order chi connectivity index (χ0) is 13.7. The van der Waals surface area contributed by atoms with Crippen molar-refractivity contribution in [3.05, 3.63) is 15.6 Å². The van der Waals surface area contributed by atoms with E-state index >= 15 is 0 Å². The quantitative estimate of drug-likeness (QED) is 0.870. The van der Waals surface area contributed by atoms with E-state index in [9.17, 15) is 0 Å². The molecule has 1 aromatic rings. The molecule has 1 atom stereocenters. The Bertz CT molecular complexity index is 366. The largest absolute Gasteiger partial charge is 0.381 e. The SMILES string of the molecule is CCCNC(Cc1nc(C)c(C)s1)C1CCOCC1. The third kappa shape index (κ3) is 4.26. The second kappa shape index (κ2) is 7.36. The standard InChI is InChI=1S/C15H26N2OS/c1-4-7-16-14(13-5-8-18-9-6-13)10-15-17-11(2)12(3)19-15/h13-14,16H,4-10H2,1-3H3. The van der Waals surface area contributed by atoms with Crippen molar-refractivity contribution in [2.45, 2.75) is 52.5 Å². The number of rotatable bonds is 6. The third-order valence-corrected chi connectivity index (χ3v) is 5.05. The molecule has 0 bridgehead atoms. The zero-order valence-corrected chi connectivity index (χ0v) is 13.2. The van der Waals surface area contributed by atoms with Crippen LogP contribution in [0.15, 0.2) is 0 Å². The molecule has 0 saturated carbocycles. The maximum atomic E-state index is 5.49. The molecule has 0 radical (unpaired) electrons. The maximum Gasteiger partial charge on any atom is 0.0946 e. The molecule has 3 nitrogen and oxygen atoms in total. The highest BCUT2D eigenvalue weighted by atomic mass is 32.1. The number of nitrogens with zero attached hydrogens (tertiary/aromatic N) is 1. The minimum atomic E-state index is 0.564. The van der Waals surface area contributed by atoms with E-state index in [-0.39, 0.29) is 0 Å². The van der Waals surface area contributed by atoms with Gasteiger partial charge in [0.2, 0.25) is 0 Å². The number of aryl methyl sites for hydroxylation is 2. The summed E-state index contributed by atoms with van der Waals surface area (Å²) in [5, 5.41) is 5.01. The first-order valence-electron chi connectivity index (χ1n) is 7.44. The van der Waals surface area contributed by atoms with Crippen LogP contribution in [0.5, 0.6) is 0 Å². The van der Waals surface area contributed by atoms with Gasteiger partial charge in [-0.1, -0.05) is 6.92 Å². The van der Waals surface area contributed by atoms with Crippen LogP contribution >= 0.6 is 11.3 Å². The molecular formula is C15H26N2OS. The van der Waals surface area contributed by atoms with Crippen molar-refractivity contribution in [2.75, 3.05) is 19.8 Å². The Morgan fingerprint density at radius 3 is 2.68 bits per heavy atom. The molecule has 1 aromatic heterocycles. The lowest BCUT2D eigenvalue weighted by Gasteiger charge is -2.30. The van der Waals surface area contributed by atoms with Gasteiger partial charge in [0.05, 0.1) is 10.7 Å². The van der Waals surface area contributed by atoms with E-state index in [4.69, 9.17) is 9.72 Å². The van der Waals surface area contributed by atoms with Gasteiger partial charge in [0.25, 0.3) is 0 Å². The second-order valence-corrected chi connectivity index (χ2v) is 6.75. The number of hydrogen-bond donors (Lipinski definition) is 1. The van der Waals surface area contributed by atoms with Crippen LogP contribution in [0.2, 0.25) is 0 Å². The van der Waals surface area contributed by atoms with Gasteiger partial charge in [0, 0.05) is 30.6 Å². The summed E-state index contributed by atoms with van der Waals surface area (Å²) in [6, 6.07) is 0.564. The maximum absolute atomic E-state index is 5.49. The summed E-state index contributed by atoms with van der Waals surface area (Å²) in [5.74, 6) is 0.741. The fraction of sp³-hybridized carbons (Fsp3) is 0.800. The smallest absolute Gasteiger partial charge is 0.0946 e. The van der Waals surface area contributed by atoms with Crippen LogP contribution in [0, 0.1) is 19.8 Å². The zero-order valence-electron chi connectivity index (χ0n) is 12.4. The first-order chi connectivity index (χ1) is 9.20. The Morgan fingerprint density at radius 2 is 2.11 bits per heavy atom. The lowest BCUT2D eigenvalue weighted by atomic mass is 9.89. The van der Waals surface area contributed by atoms with Crippen molar-refractivity contribution >= 4 is 11.3 Å². The molecule has 0 aliphatic carbocycles. The van der Waals surface area contributed by atoms with Crippen LogP contribution < -0.4 is 5.32 Å². The normalized spacial score (nSPS) is 18.7. The van der Waals surface area contributed by atoms with Crippen LogP contribution in [0.3, 0.4) is 0 Å². The summed E-state index contributed by atoms with van der Waals surface area (Å²) >= 11 is 1.86. The van der Waals surface area contributed by atoms with Gasteiger partial charge in [-0.05, 0) is 45.6 Å². The highest BCUT2D eigenvalue weighted by Gasteiger charge is 2.24. The van der Waals surface area contributed by atoms with E-state index in [0.29, 0.717) is 6.04 Å². The summed E-state index contributed by atoms with van der Waals surface area (Å²) in [4.78, 5) is 6.06. The second-order valence-electron chi connectivity index (χ2n) is 5.46. The average molecular weight is 282 g/mol. The molecule has 0 amide bonds. The molecule has 1 aliphatic heterocycles. The van der Waals surface area contributed by atoms with Gasteiger partial charge in [-0.3, -0.25) is 0 Å². The van der Waals surface area contributed by atoms with Crippen molar-refractivity contribution in [2.24, 2.45) is 5.92 Å². The number of hydrogen-bond acceptors (Lipinski definition) is 4. The monoisotopic (exact) mass is 282 g/mol. The van der Waals surface area contributed by atoms with Gasteiger partial charge in [-0.25, -0.2) is 4.98 Å². The third-order valence-electron chi connectivity index (χ3n) is 3.96. The fourth-order valence-corrected chi connectivity index (χ4v) is 3.66. The van der Waals surface area contributed by atoms with Crippen molar-refractivity contribution in [1.82, 2.24) is 10.3 Å². The molecule has 1 aliphatic rings. The van der Waals surface area contributed by atoms with Crippen LogP contribution in [0.25, 0.3) is 0 Å². The van der Waals surface area contributed by atoms with Crippen molar-refractivity contribution in [3.8, 4) is 0 Å². The molecule has 1 unspecified atom stereocenters. The number of thiazole rings is 1. The Kier molecular flexibility index (Phi) is 5.79. The van der Waals surface area contributed by atoms with Crippen LogP contribution in [0.1, 0.15) is 41.8 Å². The van der Waals surface area contributed by atoms with Gasteiger partial charge in [0.1, 0.15) is 0 Å². The lowest BCUT2D eigenvalue weighted by molar-refractivity contribution is 0.0537. The molecular weight excluding hydrogens is 256 g/mol. The summed E-state index contributed by atoms with van der Waals surface area (Å²) in [5.41, 5.74) is 1.20. The molecule has 108 valence electrons. The van der Waals surface area contributed by atoms with E-state index in [1.807, 2.05) is 11.3 Å². The first kappa shape index (κ1) is 14.9. The number of nitrogens with one attached hydrogen (secondary N) is 1. The van der Waals surface area contributed by atoms with Crippen LogP contribution in [-0.2, 0) is 11.2 Å². The molecule has 0 spiro atoms. The number of aromatic nitrogens is 1. The molecule has 1 saturated heterocycles. The summed E-state index contributed by atoms with van der Waals surface area (Å²) in [7, 11) is 0. The lowest BCUT2D eigenvalue weighted by Crippen LogP contribution is -2.41. The molecule has 2 rings (SSSR count). The Balaban J connectivity index is 1.99. The van der Waals surface area contributed by atoms with Gasteiger partial charge >= 0.3 is 0 Å². The summed E-state index contributed by atoms with van der Waals surface area (Å²) < 4.78 is 5.49. The first-order valence-corrected chi connectivity index (χ1v) is 8.26.